The van der Waals surface area contributed by atoms with E-state index in [0.717, 1.165) is 33.4 Å². The van der Waals surface area contributed by atoms with Gasteiger partial charge in [-0.05, 0) is 47.5 Å². The SMILES string of the molecule is c1ccc(-c2nc(-c3ccccc3)nc(-c3ccc4c5ccc(-c6cccc7sc8ccccc8c67)cc5n(-c5ccccc5)c4c3)n2)cc1. The molecule has 0 N–H and O–H groups in total. The van der Waals surface area contributed by atoms with Gasteiger partial charge in [-0.3, -0.25) is 0 Å². The van der Waals surface area contributed by atoms with Gasteiger partial charge in [0.1, 0.15) is 0 Å². The van der Waals surface area contributed by atoms with Gasteiger partial charge in [-0.2, -0.15) is 0 Å². The smallest absolute Gasteiger partial charge is 0.164 e. The lowest BCUT2D eigenvalue weighted by Gasteiger charge is -2.11. The van der Waals surface area contributed by atoms with Crippen LogP contribution in [0.1, 0.15) is 0 Å². The lowest BCUT2D eigenvalue weighted by Crippen LogP contribution is -2.00. The number of aromatic nitrogens is 4. The van der Waals surface area contributed by atoms with Crippen molar-refractivity contribution in [3.63, 3.8) is 0 Å². The molecule has 0 aliphatic heterocycles. The van der Waals surface area contributed by atoms with E-state index in [9.17, 15) is 0 Å². The summed E-state index contributed by atoms with van der Waals surface area (Å²) in [6, 6.07) is 59.8. The second-order valence-corrected chi connectivity index (χ2v) is 13.5. The van der Waals surface area contributed by atoms with Crippen molar-refractivity contribution in [2.24, 2.45) is 0 Å². The molecular weight excluding hydrogens is 629 g/mol. The molecule has 234 valence electrons. The van der Waals surface area contributed by atoms with Gasteiger partial charge >= 0.3 is 0 Å². The molecular formula is C45H28N4S. The Bertz CT molecular complexity index is 2800. The molecule has 50 heavy (non-hydrogen) atoms. The summed E-state index contributed by atoms with van der Waals surface area (Å²) < 4.78 is 4.99. The summed E-state index contributed by atoms with van der Waals surface area (Å²) in [6.45, 7) is 0. The summed E-state index contributed by atoms with van der Waals surface area (Å²) in [7, 11) is 0. The van der Waals surface area contributed by atoms with Crippen LogP contribution in [-0.2, 0) is 0 Å². The molecule has 0 aliphatic rings. The van der Waals surface area contributed by atoms with Crippen LogP contribution in [-0.4, -0.2) is 19.5 Å². The van der Waals surface area contributed by atoms with Crippen molar-refractivity contribution in [2.75, 3.05) is 0 Å². The Morgan fingerprint density at radius 1 is 0.380 bits per heavy atom. The summed E-state index contributed by atoms with van der Waals surface area (Å²) in [6.07, 6.45) is 0. The number of nitrogens with zero attached hydrogens (tertiary/aromatic N) is 4. The Hall–Kier alpha value is -6.43. The van der Waals surface area contributed by atoms with Crippen LogP contribution >= 0.6 is 11.3 Å². The van der Waals surface area contributed by atoms with Gasteiger partial charge in [0.05, 0.1) is 11.0 Å². The molecule has 0 bridgehead atoms. The molecule has 10 rings (SSSR count). The summed E-state index contributed by atoms with van der Waals surface area (Å²) >= 11 is 1.85. The third-order valence-corrected chi connectivity index (χ3v) is 10.6. The molecule has 0 unspecified atom stereocenters. The van der Waals surface area contributed by atoms with Gasteiger partial charge in [0.15, 0.2) is 17.5 Å². The molecule has 0 saturated carbocycles. The van der Waals surface area contributed by atoms with Crippen molar-refractivity contribution < 1.29 is 0 Å². The van der Waals surface area contributed by atoms with Crippen molar-refractivity contribution in [3.8, 4) is 51.0 Å². The highest BCUT2D eigenvalue weighted by atomic mass is 32.1. The highest BCUT2D eigenvalue weighted by molar-refractivity contribution is 7.25. The topological polar surface area (TPSA) is 43.6 Å². The molecule has 10 aromatic rings. The van der Waals surface area contributed by atoms with Gasteiger partial charge in [0.25, 0.3) is 0 Å². The predicted molar refractivity (Wildman–Crippen MR) is 209 cm³/mol. The van der Waals surface area contributed by atoms with Crippen LogP contribution in [0.25, 0.3) is 93.0 Å². The maximum Gasteiger partial charge on any atom is 0.164 e. The van der Waals surface area contributed by atoms with Crippen LogP contribution in [0.3, 0.4) is 0 Å². The Kier molecular flexibility index (Phi) is 6.64. The number of benzene rings is 7. The van der Waals surface area contributed by atoms with Crippen LogP contribution in [0.5, 0.6) is 0 Å². The van der Waals surface area contributed by atoms with Crippen LogP contribution < -0.4 is 0 Å². The molecule has 0 saturated heterocycles. The third kappa shape index (κ3) is 4.71. The maximum absolute atomic E-state index is 5.03. The fourth-order valence-corrected chi connectivity index (χ4v) is 8.27. The Morgan fingerprint density at radius 3 is 1.56 bits per heavy atom. The summed E-state index contributed by atoms with van der Waals surface area (Å²) in [5.74, 6) is 1.94. The minimum absolute atomic E-state index is 0.640. The highest BCUT2D eigenvalue weighted by Crippen LogP contribution is 2.42. The predicted octanol–water partition coefficient (Wildman–Crippen LogP) is 12.0. The lowest BCUT2D eigenvalue weighted by atomic mass is 9.98. The van der Waals surface area contributed by atoms with E-state index in [2.05, 4.69) is 114 Å². The first-order valence-corrected chi connectivity index (χ1v) is 17.5. The van der Waals surface area contributed by atoms with Gasteiger partial charge in [0, 0.05) is 53.3 Å². The second kappa shape index (κ2) is 11.6. The normalized spacial score (nSPS) is 11.6. The van der Waals surface area contributed by atoms with E-state index in [-0.39, 0.29) is 0 Å². The fraction of sp³-hybridized carbons (Fsp3) is 0. The number of thiophene rings is 1. The van der Waals surface area contributed by atoms with E-state index < -0.39 is 0 Å². The quantitative estimate of drug-likeness (QED) is 0.185. The number of para-hydroxylation sites is 1. The highest BCUT2D eigenvalue weighted by Gasteiger charge is 2.18. The molecule has 0 atom stereocenters. The molecule has 7 aromatic carbocycles. The van der Waals surface area contributed by atoms with Gasteiger partial charge in [-0.1, -0.05) is 133 Å². The zero-order valence-corrected chi connectivity index (χ0v) is 27.7. The summed E-state index contributed by atoms with van der Waals surface area (Å²) in [5, 5.41) is 5.00. The van der Waals surface area contributed by atoms with Crippen LogP contribution in [0.15, 0.2) is 170 Å². The molecule has 5 heteroatoms. The number of hydrogen-bond acceptors (Lipinski definition) is 4. The standard InChI is InChI=1S/C45H28N4S/c1-4-13-29(14-5-1)43-46-44(30-15-6-2-7-16-30)48-45(47-43)32-24-26-36-35-25-23-31(27-38(35)49(39(36)28-32)33-17-8-3-9-18-33)34-20-12-22-41-42(34)37-19-10-11-21-40(37)50-41/h1-28H. The molecule has 4 nitrogen and oxygen atoms in total. The van der Waals surface area contributed by atoms with Gasteiger partial charge in [-0.25, -0.2) is 15.0 Å². The van der Waals surface area contributed by atoms with Crippen molar-refractivity contribution in [3.05, 3.63) is 170 Å². The van der Waals surface area contributed by atoms with E-state index in [0.29, 0.717) is 17.5 Å². The summed E-state index contributed by atoms with van der Waals surface area (Å²) in [4.78, 5) is 15.0. The lowest BCUT2D eigenvalue weighted by molar-refractivity contribution is 1.07. The van der Waals surface area contributed by atoms with E-state index in [1.807, 2.05) is 72.0 Å². The number of rotatable bonds is 5. The molecule has 3 aromatic heterocycles. The first kappa shape index (κ1) is 28.6. The van der Waals surface area contributed by atoms with E-state index >= 15 is 0 Å². The second-order valence-electron chi connectivity index (χ2n) is 12.5. The Labute approximate surface area is 292 Å². The molecule has 0 amide bonds. The zero-order chi connectivity index (χ0) is 33.0. The first-order valence-electron chi connectivity index (χ1n) is 16.7. The van der Waals surface area contributed by atoms with Crippen molar-refractivity contribution in [2.45, 2.75) is 0 Å². The summed E-state index contributed by atoms with van der Waals surface area (Å²) in [5.41, 5.74) is 8.65. The Balaban J connectivity index is 1.21. The maximum atomic E-state index is 5.03. The van der Waals surface area contributed by atoms with Crippen LogP contribution in [0.2, 0.25) is 0 Å². The van der Waals surface area contributed by atoms with E-state index in [1.54, 1.807) is 0 Å². The van der Waals surface area contributed by atoms with Gasteiger partial charge in [-0.15, -0.1) is 11.3 Å². The molecule has 0 radical (unpaired) electrons. The van der Waals surface area contributed by atoms with Crippen molar-refractivity contribution in [1.29, 1.82) is 0 Å². The van der Waals surface area contributed by atoms with E-state index in [1.165, 1.54) is 42.1 Å². The molecule has 0 fully saturated rings. The fourth-order valence-electron chi connectivity index (χ4n) is 7.13. The van der Waals surface area contributed by atoms with Gasteiger partial charge in [0.2, 0.25) is 0 Å². The van der Waals surface area contributed by atoms with Crippen LogP contribution in [0.4, 0.5) is 0 Å². The molecule has 0 spiro atoms. The van der Waals surface area contributed by atoms with Crippen LogP contribution in [0, 0.1) is 0 Å². The third-order valence-electron chi connectivity index (χ3n) is 9.45. The van der Waals surface area contributed by atoms with E-state index in [4.69, 9.17) is 15.0 Å². The monoisotopic (exact) mass is 656 g/mol. The zero-order valence-electron chi connectivity index (χ0n) is 26.9. The van der Waals surface area contributed by atoms with Crippen molar-refractivity contribution in [1.82, 2.24) is 19.5 Å². The van der Waals surface area contributed by atoms with Gasteiger partial charge < -0.3 is 4.57 Å². The number of hydrogen-bond donors (Lipinski definition) is 0. The number of fused-ring (bicyclic) bond motifs is 6. The molecule has 0 aliphatic carbocycles. The average Bonchev–Trinajstić information content (AvgIpc) is 3.74. The average molecular weight is 657 g/mol. The largest absolute Gasteiger partial charge is 0.309 e. The Morgan fingerprint density at radius 2 is 0.900 bits per heavy atom. The van der Waals surface area contributed by atoms with Crippen molar-refractivity contribution >= 4 is 53.3 Å². The minimum Gasteiger partial charge on any atom is -0.309 e. The first-order chi connectivity index (χ1) is 24.8. The molecule has 3 heterocycles. The minimum atomic E-state index is 0.640.